The molecule has 30 heavy (non-hydrogen) atoms. The lowest BCUT2D eigenvalue weighted by Crippen LogP contribution is -2.35. The second kappa shape index (κ2) is 10.9. The summed E-state index contributed by atoms with van der Waals surface area (Å²) >= 11 is 6.65. The average Bonchev–Trinajstić information content (AvgIpc) is 3.04. The molecule has 1 aliphatic rings. The van der Waals surface area contributed by atoms with Gasteiger partial charge in [-0.25, -0.2) is 0 Å². The van der Waals surface area contributed by atoms with Gasteiger partial charge in [-0.05, 0) is 24.1 Å². The smallest absolute Gasteiger partial charge is 0.266 e. The Morgan fingerprint density at radius 1 is 1.10 bits per heavy atom. The zero-order chi connectivity index (χ0) is 21.3. The van der Waals surface area contributed by atoms with Crippen molar-refractivity contribution < 1.29 is 9.59 Å². The SMILES string of the molecule is CCN(Cc1ccccc1)C(=O)CCN1C(=O)/C(=C/C=C/c2ccccc2)SC1=S. The van der Waals surface area contributed by atoms with Gasteiger partial charge in [-0.15, -0.1) is 0 Å². The van der Waals surface area contributed by atoms with Crippen LogP contribution in [-0.4, -0.2) is 39.0 Å². The van der Waals surface area contributed by atoms with Crippen LogP contribution in [0.3, 0.4) is 0 Å². The van der Waals surface area contributed by atoms with Gasteiger partial charge in [-0.3, -0.25) is 14.5 Å². The number of benzene rings is 2. The van der Waals surface area contributed by atoms with Crippen molar-refractivity contribution in [2.24, 2.45) is 0 Å². The summed E-state index contributed by atoms with van der Waals surface area (Å²) in [4.78, 5) is 29.3. The topological polar surface area (TPSA) is 40.6 Å². The van der Waals surface area contributed by atoms with E-state index in [0.29, 0.717) is 28.9 Å². The highest BCUT2D eigenvalue weighted by Gasteiger charge is 2.32. The summed E-state index contributed by atoms with van der Waals surface area (Å²) < 4.78 is 0.498. The number of carbonyl (C=O) groups excluding carboxylic acids is 2. The highest BCUT2D eigenvalue weighted by Crippen LogP contribution is 2.31. The maximum absolute atomic E-state index is 12.7. The van der Waals surface area contributed by atoms with Crippen molar-refractivity contribution >= 4 is 46.2 Å². The van der Waals surface area contributed by atoms with Crippen molar-refractivity contribution in [2.75, 3.05) is 13.1 Å². The molecule has 2 amide bonds. The van der Waals surface area contributed by atoms with E-state index < -0.39 is 0 Å². The van der Waals surface area contributed by atoms with Crippen LogP contribution in [0, 0.1) is 0 Å². The molecule has 6 heteroatoms. The first-order chi connectivity index (χ1) is 14.6. The zero-order valence-electron chi connectivity index (χ0n) is 16.9. The molecule has 2 aromatic rings. The third-order valence-corrected chi connectivity index (χ3v) is 6.11. The predicted octanol–water partition coefficient (Wildman–Crippen LogP) is 4.88. The Hall–Kier alpha value is -2.70. The lowest BCUT2D eigenvalue weighted by molar-refractivity contribution is -0.132. The first-order valence-corrected chi connectivity index (χ1v) is 11.1. The molecule has 0 bridgehead atoms. The fourth-order valence-electron chi connectivity index (χ4n) is 3.06. The Kier molecular flexibility index (Phi) is 7.99. The van der Waals surface area contributed by atoms with E-state index in [1.165, 1.54) is 16.7 Å². The average molecular weight is 437 g/mol. The van der Waals surface area contributed by atoms with E-state index in [0.717, 1.165) is 11.1 Å². The van der Waals surface area contributed by atoms with Crippen LogP contribution in [-0.2, 0) is 16.1 Å². The molecule has 0 spiro atoms. The van der Waals surface area contributed by atoms with Crippen LogP contribution in [0.4, 0.5) is 0 Å². The summed E-state index contributed by atoms with van der Waals surface area (Å²) in [6.07, 6.45) is 5.83. The Morgan fingerprint density at radius 3 is 2.43 bits per heavy atom. The van der Waals surface area contributed by atoms with Crippen molar-refractivity contribution in [3.63, 3.8) is 0 Å². The summed E-state index contributed by atoms with van der Waals surface area (Å²) in [5.74, 6) is -0.120. The third-order valence-electron chi connectivity index (χ3n) is 4.71. The van der Waals surface area contributed by atoms with E-state index in [4.69, 9.17) is 12.2 Å². The third kappa shape index (κ3) is 5.90. The predicted molar refractivity (Wildman–Crippen MR) is 128 cm³/mol. The number of thiocarbonyl (C=S) groups is 1. The van der Waals surface area contributed by atoms with Crippen LogP contribution in [0.2, 0.25) is 0 Å². The number of hydrogen-bond donors (Lipinski definition) is 0. The molecule has 0 radical (unpaired) electrons. The Balaban J connectivity index is 1.56. The summed E-state index contributed by atoms with van der Waals surface area (Å²) in [5, 5.41) is 0. The molecule has 2 aromatic carbocycles. The van der Waals surface area contributed by atoms with Gasteiger partial charge in [0.15, 0.2) is 0 Å². The molecule has 154 valence electrons. The minimum absolute atomic E-state index is 0.0170. The minimum atomic E-state index is -0.137. The second-order valence-corrected chi connectivity index (χ2v) is 8.44. The van der Waals surface area contributed by atoms with E-state index in [9.17, 15) is 9.59 Å². The Bertz CT molecular complexity index is 956. The molecule has 1 aliphatic heterocycles. The summed E-state index contributed by atoms with van der Waals surface area (Å²) in [7, 11) is 0. The lowest BCUT2D eigenvalue weighted by Gasteiger charge is -2.22. The van der Waals surface area contributed by atoms with Gasteiger partial charge in [0, 0.05) is 26.1 Å². The number of hydrogen-bond acceptors (Lipinski definition) is 4. The fraction of sp³-hybridized carbons (Fsp3) is 0.208. The van der Waals surface area contributed by atoms with Gasteiger partial charge in [0.25, 0.3) is 5.91 Å². The first kappa shape index (κ1) is 22.0. The van der Waals surface area contributed by atoms with Crippen LogP contribution in [0.1, 0.15) is 24.5 Å². The number of rotatable bonds is 8. The molecule has 0 aliphatic carbocycles. The first-order valence-electron chi connectivity index (χ1n) is 9.87. The van der Waals surface area contributed by atoms with Gasteiger partial charge in [0.05, 0.1) is 4.91 Å². The van der Waals surface area contributed by atoms with Crippen molar-refractivity contribution in [3.8, 4) is 0 Å². The number of amides is 2. The Morgan fingerprint density at radius 2 is 1.77 bits per heavy atom. The highest BCUT2D eigenvalue weighted by atomic mass is 32.2. The molecule has 1 fully saturated rings. The van der Waals surface area contributed by atoms with E-state index >= 15 is 0 Å². The summed E-state index contributed by atoms with van der Waals surface area (Å²) in [6.45, 7) is 3.45. The molecule has 3 rings (SSSR count). The molecule has 0 saturated carbocycles. The van der Waals surface area contributed by atoms with Crippen LogP contribution < -0.4 is 0 Å². The molecule has 0 N–H and O–H groups in total. The maximum Gasteiger partial charge on any atom is 0.266 e. The van der Waals surface area contributed by atoms with Crippen LogP contribution in [0.5, 0.6) is 0 Å². The highest BCUT2D eigenvalue weighted by molar-refractivity contribution is 8.26. The summed E-state index contributed by atoms with van der Waals surface area (Å²) in [5.41, 5.74) is 2.15. The normalized spacial score (nSPS) is 15.4. The van der Waals surface area contributed by atoms with Crippen molar-refractivity contribution in [1.29, 1.82) is 0 Å². The monoisotopic (exact) mass is 436 g/mol. The quantitative estimate of drug-likeness (QED) is 0.437. The van der Waals surface area contributed by atoms with Crippen LogP contribution in [0.25, 0.3) is 6.08 Å². The van der Waals surface area contributed by atoms with Crippen molar-refractivity contribution in [3.05, 3.63) is 88.8 Å². The molecule has 1 saturated heterocycles. The van der Waals surface area contributed by atoms with Gasteiger partial charge in [-0.2, -0.15) is 0 Å². The number of thioether (sulfide) groups is 1. The van der Waals surface area contributed by atoms with Gasteiger partial charge < -0.3 is 4.90 Å². The molecule has 4 nitrogen and oxygen atoms in total. The molecule has 0 aromatic heterocycles. The molecule has 0 unspecified atom stereocenters. The number of allylic oxidation sites excluding steroid dienone is 2. The van der Waals surface area contributed by atoms with E-state index in [-0.39, 0.29) is 18.2 Å². The second-order valence-electron chi connectivity index (χ2n) is 6.77. The molecular formula is C24H24N2O2S2. The van der Waals surface area contributed by atoms with Gasteiger partial charge in [0.1, 0.15) is 4.32 Å². The maximum atomic E-state index is 12.7. The number of nitrogens with zero attached hydrogens (tertiary/aromatic N) is 2. The number of carbonyl (C=O) groups is 2. The molecule has 1 heterocycles. The largest absolute Gasteiger partial charge is 0.339 e. The van der Waals surface area contributed by atoms with Crippen LogP contribution >= 0.6 is 24.0 Å². The van der Waals surface area contributed by atoms with Crippen molar-refractivity contribution in [2.45, 2.75) is 19.9 Å². The van der Waals surface area contributed by atoms with E-state index in [2.05, 4.69) is 0 Å². The molecule has 0 atom stereocenters. The minimum Gasteiger partial charge on any atom is -0.339 e. The fourth-order valence-corrected chi connectivity index (χ4v) is 4.32. The van der Waals surface area contributed by atoms with Gasteiger partial charge in [-0.1, -0.05) is 96.8 Å². The summed E-state index contributed by atoms with van der Waals surface area (Å²) in [6, 6.07) is 19.8. The van der Waals surface area contributed by atoms with Crippen LogP contribution in [0.15, 0.2) is 77.7 Å². The Labute approximate surface area is 187 Å². The van der Waals surface area contributed by atoms with E-state index in [1.54, 1.807) is 11.0 Å². The standard InChI is InChI=1S/C24H24N2O2S2/c1-2-25(18-20-12-7-4-8-13-20)22(27)16-17-26-23(28)21(30-24(26)29)15-9-14-19-10-5-3-6-11-19/h3-15H,2,16-18H2,1H3/b14-9+,21-15-. The van der Waals surface area contributed by atoms with E-state index in [1.807, 2.05) is 79.7 Å². The molecular weight excluding hydrogens is 412 g/mol. The van der Waals surface area contributed by atoms with Crippen molar-refractivity contribution in [1.82, 2.24) is 9.80 Å². The van der Waals surface area contributed by atoms with Gasteiger partial charge in [0.2, 0.25) is 5.91 Å². The zero-order valence-corrected chi connectivity index (χ0v) is 18.5. The van der Waals surface area contributed by atoms with Gasteiger partial charge >= 0.3 is 0 Å². The lowest BCUT2D eigenvalue weighted by atomic mass is 10.2.